The first-order chi connectivity index (χ1) is 15.0. The molecule has 1 aliphatic rings. The zero-order chi connectivity index (χ0) is 21.7. The van der Waals surface area contributed by atoms with Crippen LogP contribution in [0.2, 0.25) is 0 Å². The lowest BCUT2D eigenvalue weighted by Gasteiger charge is -2.13. The Morgan fingerprint density at radius 2 is 1.81 bits per heavy atom. The van der Waals surface area contributed by atoms with E-state index in [1.807, 2.05) is 69.3 Å². The number of hydrogen-bond acceptors (Lipinski definition) is 6. The van der Waals surface area contributed by atoms with Gasteiger partial charge in [-0.15, -0.1) is 5.10 Å². The van der Waals surface area contributed by atoms with E-state index in [0.717, 1.165) is 22.6 Å². The summed E-state index contributed by atoms with van der Waals surface area (Å²) in [7, 11) is 0. The molecule has 156 valence electrons. The SMILES string of the molecule is CCN1C(=O)/C(=c2/sc3nc(-c4ccc(OC(C)C)cc4)nn3c2=O)c2ccccc21. The third-order valence-corrected chi connectivity index (χ3v) is 6.14. The summed E-state index contributed by atoms with van der Waals surface area (Å²) >= 11 is 1.20. The molecular formula is C23H20N4O3S. The molecular weight excluding hydrogens is 412 g/mol. The number of aromatic nitrogens is 3. The minimum absolute atomic E-state index is 0.0907. The molecule has 31 heavy (non-hydrogen) atoms. The van der Waals surface area contributed by atoms with Gasteiger partial charge >= 0.3 is 0 Å². The van der Waals surface area contributed by atoms with Gasteiger partial charge in [0.1, 0.15) is 10.3 Å². The number of rotatable bonds is 4. The standard InChI is InChI=1S/C23H20N4O3S/c1-4-26-17-8-6-5-7-16(17)18(21(26)28)19-22(29)27-23(31-19)24-20(25-27)14-9-11-15(12-10-14)30-13(2)3/h5-13H,4H2,1-3H3/b19-18+. The Morgan fingerprint density at radius 1 is 1.06 bits per heavy atom. The molecule has 0 bridgehead atoms. The van der Waals surface area contributed by atoms with Gasteiger partial charge in [0.25, 0.3) is 11.5 Å². The van der Waals surface area contributed by atoms with E-state index in [1.54, 1.807) is 4.90 Å². The number of carbonyl (C=O) groups excluding carboxylic acids is 1. The fourth-order valence-electron chi connectivity index (χ4n) is 3.78. The summed E-state index contributed by atoms with van der Waals surface area (Å²) in [4.78, 5) is 32.9. The second-order valence-corrected chi connectivity index (χ2v) is 8.48. The van der Waals surface area contributed by atoms with Gasteiger partial charge < -0.3 is 9.64 Å². The van der Waals surface area contributed by atoms with Crippen molar-refractivity contribution in [3.05, 3.63) is 69.0 Å². The van der Waals surface area contributed by atoms with Gasteiger partial charge in [-0.3, -0.25) is 9.59 Å². The number of carbonyl (C=O) groups is 1. The Balaban J connectivity index is 1.61. The number of thiazole rings is 1. The highest BCUT2D eigenvalue weighted by atomic mass is 32.1. The maximum Gasteiger partial charge on any atom is 0.291 e. The Labute approximate surface area is 182 Å². The van der Waals surface area contributed by atoms with E-state index >= 15 is 0 Å². The largest absolute Gasteiger partial charge is 0.491 e. The van der Waals surface area contributed by atoms with Crippen molar-refractivity contribution in [2.75, 3.05) is 11.4 Å². The van der Waals surface area contributed by atoms with Crippen molar-refractivity contribution in [1.82, 2.24) is 14.6 Å². The van der Waals surface area contributed by atoms with Crippen LogP contribution in [0, 0.1) is 0 Å². The van der Waals surface area contributed by atoms with Gasteiger partial charge in [-0.1, -0.05) is 29.5 Å². The Bertz CT molecular complexity index is 1420. The number of nitrogens with zero attached hydrogens (tertiary/aromatic N) is 4. The smallest absolute Gasteiger partial charge is 0.291 e. The van der Waals surface area contributed by atoms with E-state index in [4.69, 9.17) is 4.74 Å². The first kappa shape index (κ1) is 19.4. The van der Waals surface area contributed by atoms with Crippen molar-refractivity contribution in [2.45, 2.75) is 26.9 Å². The van der Waals surface area contributed by atoms with Gasteiger partial charge in [0.15, 0.2) is 5.82 Å². The first-order valence-electron chi connectivity index (χ1n) is 10.1. The quantitative estimate of drug-likeness (QED) is 0.496. The highest BCUT2D eigenvalue weighted by molar-refractivity contribution is 7.15. The number of benzene rings is 2. The molecule has 0 saturated carbocycles. The molecule has 0 saturated heterocycles. The zero-order valence-electron chi connectivity index (χ0n) is 17.3. The van der Waals surface area contributed by atoms with Crippen LogP contribution in [-0.4, -0.2) is 33.2 Å². The molecule has 0 radical (unpaired) electrons. The maximum absolute atomic E-state index is 13.1. The first-order valence-corrected chi connectivity index (χ1v) is 10.9. The van der Waals surface area contributed by atoms with Gasteiger partial charge in [-0.05, 0) is 51.1 Å². The molecule has 0 aliphatic carbocycles. The average Bonchev–Trinajstić information content (AvgIpc) is 3.38. The molecule has 0 unspecified atom stereocenters. The average molecular weight is 433 g/mol. The lowest BCUT2D eigenvalue weighted by Crippen LogP contribution is -2.32. The molecule has 5 rings (SSSR count). The van der Waals surface area contributed by atoms with Crippen molar-refractivity contribution >= 4 is 33.5 Å². The number of likely N-dealkylation sites (N-methyl/N-ethyl adjacent to an activating group) is 1. The minimum Gasteiger partial charge on any atom is -0.491 e. The van der Waals surface area contributed by atoms with E-state index in [2.05, 4.69) is 10.1 Å². The van der Waals surface area contributed by atoms with Crippen molar-refractivity contribution in [1.29, 1.82) is 0 Å². The van der Waals surface area contributed by atoms with Gasteiger partial charge in [-0.25, -0.2) is 0 Å². The highest BCUT2D eigenvalue weighted by Gasteiger charge is 2.33. The van der Waals surface area contributed by atoms with Gasteiger partial charge in [0.05, 0.1) is 17.4 Å². The topological polar surface area (TPSA) is 76.8 Å². The second kappa shape index (κ2) is 7.31. The third kappa shape index (κ3) is 3.11. The number of fused-ring (bicyclic) bond motifs is 2. The van der Waals surface area contributed by atoms with Crippen LogP contribution in [0.1, 0.15) is 26.3 Å². The highest BCUT2D eigenvalue weighted by Crippen LogP contribution is 2.34. The van der Waals surface area contributed by atoms with Crippen molar-refractivity contribution in [2.24, 2.45) is 0 Å². The molecule has 1 aliphatic heterocycles. The molecule has 1 amide bonds. The molecule has 7 nitrogen and oxygen atoms in total. The third-order valence-electron chi connectivity index (χ3n) is 5.11. The summed E-state index contributed by atoms with van der Waals surface area (Å²) in [5.74, 6) is 1.07. The molecule has 4 aromatic rings. The predicted octanol–water partition coefficient (Wildman–Crippen LogP) is 2.89. The molecule has 8 heteroatoms. The molecule has 0 spiro atoms. The number of hydrogen-bond donors (Lipinski definition) is 0. The van der Waals surface area contributed by atoms with E-state index in [-0.39, 0.29) is 17.6 Å². The van der Waals surface area contributed by atoms with Crippen LogP contribution in [0.25, 0.3) is 21.9 Å². The van der Waals surface area contributed by atoms with E-state index in [1.165, 1.54) is 15.9 Å². The molecule has 2 aromatic carbocycles. The predicted molar refractivity (Wildman–Crippen MR) is 121 cm³/mol. The minimum atomic E-state index is -0.324. The number of ether oxygens (including phenoxy) is 1. The Hall–Kier alpha value is -3.52. The van der Waals surface area contributed by atoms with Crippen LogP contribution in [0.4, 0.5) is 5.69 Å². The normalized spacial score (nSPS) is 15.2. The Kier molecular flexibility index (Phi) is 4.59. The zero-order valence-corrected chi connectivity index (χ0v) is 18.1. The maximum atomic E-state index is 13.1. The summed E-state index contributed by atoms with van der Waals surface area (Å²) in [5, 5.41) is 4.41. The van der Waals surface area contributed by atoms with Crippen LogP contribution < -0.4 is 19.7 Å². The molecule has 2 aromatic heterocycles. The monoisotopic (exact) mass is 432 g/mol. The van der Waals surface area contributed by atoms with Crippen LogP contribution >= 0.6 is 11.3 Å². The fourth-order valence-corrected chi connectivity index (χ4v) is 4.77. The summed E-state index contributed by atoms with van der Waals surface area (Å²) in [6.07, 6.45) is 0.0907. The summed E-state index contributed by atoms with van der Waals surface area (Å²) in [6.45, 7) is 6.40. The van der Waals surface area contributed by atoms with Gasteiger partial charge in [-0.2, -0.15) is 9.50 Å². The second-order valence-electron chi connectivity index (χ2n) is 7.50. The van der Waals surface area contributed by atoms with Crippen LogP contribution in [0.5, 0.6) is 5.75 Å². The fraction of sp³-hybridized carbons (Fsp3) is 0.217. The molecule has 0 N–H and O–H groups in total. The molecule has 0 fully saturated rings. The summed E-state index contributed by atoms with van der Waals surface area (Å²) < 4.78 is 7.32. The van der Waals surface area contributed by atoms with Crippen molar-refractivity contribution in [3.63, 3.8) is 0 Å². The van der Waals surface area contributed by atoms with E-state index in [0.29, 0.717) is 27.4 Å². The lowest BCUT2D eigenvalue weighted by atomic mass is 10.1. The van der Waals surface area contributed by atoms with Gasteiger partial charge in [0.2, 0.25) is 4.96 Å². The summed E-state index contributed by atoms with van der Waals surface area (Å²) in [6, 6.07) is 15.0. The van der Waals surface area contributed by atoms with E-state index < -0.39 is 0 Å². The number of amides is 1. The van der Waals surface area contributed by atoms with E-state index in [9.17, 15) is 9.59 Å². The van der Waals surface area contributed by atoms with Crippen molar-refractivity contribution < 1.29 is 9.53 Å². The molecule has 3 heterocycles. The van der Waals surface area contributed by atoms with Crippen LogP contribution in [0.15, 0.2) is 53.3 Å². The number of para-hydroxylation sites is 1. The van der Waals surface area contributed by atoms with Crippen LogP contribution in [0.3, 0.4) is 0 Å². The summed E-state index contributed by atoms with van der Waals surface area (Å²) in [5.41, 5.74) is 2.50. The number of anilines is 1. The van der Waals surface area contributed by atoms with Crippen LogP contribution in [-0.2, 0) is 4.79 Å². The Morgan fingerprint density at radius 3 is 2.48 bits per heavy atom. The lowest BCUT2D eigenvalue weighted by molar-refractivity contribution is -0.113. The van der Waals surface area contributed by atoms with Gasteiger partial charge in [0, 0.05) is 17.7 Å². The molecule has 0 atom stereocenters. The van der Waals surface area contributed by atoms with Crippen molar-refractivity contribution in [3.8, 4) is 17.1 Å².